The Morgan fingerprint density at radius 3 is 2.79 bits per heavy atom. The molecular formula is C18H20N2O3S. The zero-order chi connectivity index (χ0) is 16.5. The molecule has 3 heterocycles. The van der Waals surface area contributed by atoms with Gasteiger partial charge in [0.15, 0.2) is 0 Å². The number of hydrogen-bond donors (Lipinski definition) is 1. The molecule has 1 saturated heterocycles. The fourth-order valence-corrected chi connectivity index (χ4v) is 4.65. The van der Waals surface area contributed by atoms with Gasteiger partial charge in [-0.2, -0.15) is 0 Å². The molecule has 6 heteroatoms. The van der Waals surface area contributed by atoms with E-state index in [1.54, 1.807) is 17.4 Å². The smallest absolute Gasteiger partial charge is 0.261 e. The third kappa shape index (κ3) is 2.98. The summed E-state index contributed by atoms with van der Waals surface area (Å²) in [5.74, 6) is 0.0391. The van der Waals surface area contributed by atoms with Gasteiger partial charge in [0.25, 0.3) is 11.8 Å². The molecule has 0 radical (unpaired) electrons. The Labute approximate surface area is 144 Å². The molecule has 0 unspecified atom stereocenters. The molecule has 0 atom stereocenters. The summed E-state index contributed by atoms with van der Waals surface area (Å²) in [5.41, 5.74) is 1.94. The van der Waals surface area contributed by atoms with Crippen molar-refractivity contribution in [3.8, 4) is 0 Å². The summed E-state index contributed by atoms with van der Waals surface area (Å²) in [6, 6.07) is 3.88. The minimum atomic E-state index is 0.00297. The number of amides is 2. The molecule has 1 aliphatic carbocycles. The highest BCUT2D eigenvalue weighted by atomic mass is 32.1. The molecule has 0 spiro atoms. The third-order valence-corrected chi connectivity index (χ3v) is 6.09. The van der Waals surface area contributed by atoms with Crippen molar-refractivity contribution in [2.75, 3.05) is 13.1 Å². The molecule has 5 nitrogen and oxygen atoms in total. The Hall–Kier alpha value is -2.08. The van der Waals surface area contributed by atoms with E-state index in [4.69, 9.17) is 4.42 Å². The maximum atomic E-state index is 12.4. The van der Waals surface area contributed by atoms with Gasteiger partial charge >= 0.3 is 0 Å². The zero-order valence-corrected chi connectivity index (χ0v) is 14.2. The van der Waals surface area contributed by atoms with E-state index in [0.29, 0.717) is 18.7 Å². The van der Waals surface area contributed by atoms with Crippen molar-refractivity contribution in [3.63, 3.8) is 0 Å². The molecule has 4 rings (SSSR count). The molecule has 0 bridgehead atoms. The summed E-state index contributed by atoms with van der Waals surface area (Å²) >= 11 is 1.64. The average Bonchev–Trinajstić information content (AvgIpc) is 3.31. The first-order valence-electron chi connectivity index (χ1n) is 8.44. The standard InChI is InChI=1S/C18H20N2O3S/c21-17(16-10-12-2-1-3-15(12)24-16)19-14-4-7-20(8-5-14)18(22)13-6-9-23-11-13/h6,9-11,14H,1-5,7-8H2,(H,19,21). The Bertz CT molecular complexity index is 721. The molecule has 2 aliphatic rings. The summed E-state index contributed by atoms with van der Waals surface area (Å²) in [6.07, 6.45) is 8.01. The van der Waals surface area contributed by atoms with Crippen LogP contribution < -0.4 is 5.32 Å². The first-order chi connectivity index (χ1) is 11.7. The van der Waals surface area contributed by atoms with E-state index < -0.39 is 0 Å². The SMILES string of the molecule is O=C(NC1CCN(C(=O)c2ccoc2)CC1)c1cc2c(s1)CCC2. The normalized spacial score (nSPS) is 17.8. The summed E-state index contributed by atoms with van der Waals surface area (Å²) in [6.45, 7) is 1.33. The van der Waals surface area contributed by atoms with Crippen molar-refractivity contribution in [1.82, 2.24) is 10.2 Å². The predicted octanol–water partition coefficient (Wildman–Crippen LogP) is 2.86. The number of piperidine rings is 1. The predicted molar refractivity (Wildman–Crippen MR) is 91.4 cm³/mol. The van der Waals surface area contributed by atoms with Crippen molar-refractivity contribution in [3.05, 3.63) is 45.5 Å². The topological polar surface area (TPSA) is 62.6 Å². The maximum Gasteiger partial charge on any atom is 0.261 e. The molecule has 0 saturated carbocycles. The summed E-state index contributed by atoms with van der Waals surface area (Å²) < 4.78 is 4.97. The Balaban J connectivity index is 1.31. The van der Waals surface area contributed by atoms with Gasteiger partial charge in [0.2, 0.25) is 0 Å². The number of aryl methyl sites for hydroxylation is 2. The van der Waals surface area contributed by atoms with Gasteiger partial charge in [-0.05, 0) is 49.8 Å². The van der Waals surface area contributed by atoms with Gasteiger partial charge in [0, 0.05) is 24.0 Å². The molecular weight excluding hydrogens is 324 g/mol. The quantitative estimate of drug-likeness (QED) is 0.931. The van der Waals surface area contributed by atoms with E-state index in [1.165, 1.54) is 29.4 Å². The van der Waals surface area contributed by atoms with E-state index in [1.807, 2.05) is 4.90 Å². The number of nitrogens with one attached hydrogen (secondary N) is 1. The first-order valence-corrected chi connectivity index (χ1v) is 9.26. The molecule has 1 aliphatic heterocycles. The van der Waals surface area contributed by atoms with Crippen molar-refractivity contribution < 1.29 is 14.0 Å². The number of fused-ring (bicyclic) bond motifs is 1. The van der Waals surface area contributed by atoms with Crippen LogP contribution in [0, 0.1) is 0 Å². The second kappa shape index (κ2) is 6.43. The van der Waals surface area contributed by atoms with Crippen molar-refractivity contribution in [1.29, 1.82) is 0 Å². The molecule has 0 aromatic carbocycles. The van der Waals surface area contributed by atoms with Crippen LogP contribution in [0.15, 0.2) is 29.1 Å². The van der Waals surface area contributed by atoms with Crippen LogP contribution in [0.1, 0.15) is 49.7 Å². The van der Waals surface area contributed by atoms with Crippen LogP contribution in [0.5, 0.6) is 0 Å². The summed E-state index contributed by atoms with van der Waals surface area (Å²) in [4.78, 5) is 28.7. The minimum Gasteiger partial charge on any atom is -0.472 e. The van der Waals surface area contributed by atoms with Crippen LogP contribution in [0.25, 0.3) is 0 Å². The number of carbonyl (C=O) groups excluding carboxylic acids is 2. The number of furan rings is 1. The Morgan fingerprint density at radius 2 is 2.08 bits per heavy atom. The first kappa shape index (κ1) is 15.4. The number of likely N-dealkylation sites (tertiary alicyclic amines) is 1. The van der Waals surface area contributed by atoms with Crippen LogP contribution in [-0.2, 0) is 12.8 Å². The van der Waals surface area contributed by atoms with Crippen molar-refractivity contribution in [2.45, 2.75) is 38.1 Å². The lowest BCUT2D eigenvalue weighted by molar-refractivity contribution is 0.0697. The molecule has 1 N–H and O–H groups in total. The molecule has 2 aromatic heterocycles. The third-order valence-electron chi connectivity index (χ3n) is 4.86. The molecule has 2 aromatic rings. The highest BCUT2D eigenvalue weighted by Crippen LogP contribution is 2.30. The summed E-state index contributed by atoms with van der Waals surface area (Å²) in [5, 5.41) is 3.13. The van der Waals surface area contributed by atoms with Crippen LogP contribution in [0.3, 0.4) is 0 Å². The average molecular weight is 344 g/mol. The van der Waals surface area contributed by atoms with Gasteiger partial charge in [-0.3, -0.25) is 9.59 Å². The fraction of sp³-hybridized carbons (Fsp3) is 0.444. The van der Waals surface area contributed by atoms with Crippen LogP contribution >= 0.6 is 11.3 Å². The minimum absolute atomic E-state index is 0.00297. The van der Waals surface area contributed by atoms with Crippen LogP contribution in [-0.4, -0.2) is 35.8 Å². The van der Waals surface area contributed by atoms with Gasteiger partial charge in [-0.1, -0.05) is 0 Å². The second-order valence-electron chi connectivity index (χ2n) is 6.46. The largest absolute Gasteiger partial charge is 0.472 e. The second-order valence-corrected chi connectivity index (χ2v) is 7.60. The van der Waals surface area contributed by atoms with Gasteiger partial charge in [-0.25, -0.2) is 0 Å². The lowest BCUT2D eigenvalue weighted by Gasteiger charge is -2.32. The molecule has 1 fully saturated rings. The van der Waals surface area contributed by atoms with E-state index >= 15 is 0 Å². The number of nitrogens with zero attached hydrogens (tertiary/aromatic N) is 1. The number of rotatable bonds is 3. The lowest BCUT2D eigenvalue weighted by atomic mass is 10.0. The Morgan fingerprint density at radius 1 is 1.25 bits per heavy atom. The van der Waals surface area contributed by atoms with Gasteiger partial charge < -0.3 is 14.6 Å². The van der Waals surface area contributed by atoms with Crippen LogP contribution in [0.2, 0.25) is 0 Å². The number of thiophene rings is 1. The van der Waals surface area contributed by atoms with E-state index in [-0.39, 0.29) is 17.9 Å². The zero-order valence-electron chi connectivity index (χ0n) is 13.4. The Kier molecular flexibility index (Phi) is 4.14. The van der Waals surface area contributed by atoms with Gasteiger partial charge in [0.1, 0.15) is 6.26 Å². The highest BCUT2D eigenvalue weighted by Gasteiger charge is 2.26. The van der Waals surface area contributed by atoms with E-state index in [9.17, 15) is 9.59 Å². The fourth-order valence-electron chi connectivity index (χ4n) is 3.49. The number of hydrogen-bond acceptors (Lipinski definition) is 4. The number of carbonyl (C=O) groups is 2. The van der Waals surface area contributed by atoms with Gasteiger partial charge in [0.05, 0.1) is 16.7 Å². The van der Waals surface area contributed by atoms with Crippen molar-refractivity contribution >= 4 is 23.2 Å². The molecule has 2 amide bonds. The van der Waals surface area contributed by atoms with Crippen molar-refractivity contribution in [2.24, 2.45) is 0 Å². The lowest BCUT2D eigenvalue weighted by Crippen LogP contribution is -2.46. The van der Waals surface area contributed by atoms with E-state index in [2.05, 4.69) is 11.4 Å². The molecule has 126 valence electrons. The highest BCUT2D eigenvalue weighted by molar-refractivity contribution is 7.14. The monoisotopic (exact) mass is 344 g/mol. The van der Waals surface area contributed by atoms with Gasteiger partial charge in [-0.15, -0.1) is 11.3 Å². The van der Waals surface area contributed by atoms with Crippen LogP contribution in [0.4, 0.5) is 0 Å². The maximum absolute atomic E-state index is 12.4. The summed E-state index contributed by atoms with van der Waals surface area (Å²) in [7, 11) is 0. The molecule has 24 heavy (non-hydrogen) atoms. The van der Waals surface area contributed by atoms with E-state index in [0.717, 1.165) is 30.6 Å².